The Hall–Kier alpha value is -3.46. The molecule has 0 radical (unpaired) electrons. The average Bonchev–Trinajstić information content (AvgIpc) is 3.16. The van der Waals surface area contributed by atoms with Gasteiger partial charge in [0.1, 0.15) is 11.5 Å². The Bertz CT molecular complexity index is 1360. The predicted octanol–water partition coefficient (Wildman–Crippen LogP) is 5.77. The van der Waals surface area contributed by atoms with Crippen molar-refractivity contribution in [3.05, 3.63) is 90.4 Å². The van der Waals surface area contributed by atoms with Gasteiger partial charge in [0, 0.05) is 17.4 Å². The molecule has 0 bridgehead atoms. The first-order valence-electron chi connectivity index (χ1n) is 9.38. The third-order valence-corrected chi connectivity index (χ3v) is 5.97. The minimum Gasteiger partial charge on any atom is -0.227 e. The SMILES string of the molecule is CS(=O)(=O)c1ccc(-c2nn(-c3ccccc3)c(C(F)(F)F)c2-c2ccc(F)cc2)cc1. The molecule has 0 atom stereocenters. The van der Waals surface area contributed by atoms with E-state index in [1.165, 1.54) is 48.5 Å². The molecular formula is C23H16F4N2O2S. The lowest BCUT2D eigenvalue weighted by molar-refractivity contribution is -0.142. The fourth-order valence-electron chi connectivity index (χ4n) is 3.39. The lowest BCUT2D eigenvalue weighted by atomic mass is 9.98. The molecule has 4 nitrogen and oxygen atoms in total. The van der Waals surface area contributed by atoms with Gasteiger partial charge in [-0.15, -0.1) is 0 Å². The fourth-order valence-corrected chi connectivity index (χ4v) is 4.02. The van der Waals surface area contributed by atoms with Gasteiger partial charge >= 0.3 is 6.18 Å². The van der Waals surface area contributed by atoms with Crippen LogP contribution in [0.1, 0.15) is 5.69 Å². The lowest BCUT2D eigenvalue weighted by Gasteiger charge is -2.13. The minimum absolute atomic E-state index is 0.00663. The molecular weight excluding hydrogens is 444 g/mol. The second-order valence-corrected chi connectivity index (χ2v) is 9.14. The van der Waals surface area contributed by atoms with Crippen molar-refractivity contribution in [2.24, 2.45) is 0 Å². The topological polar surface area (TPSA) is 52.0 Å². The van der Waals surface area contributed by atoms with Crippen molar-refractivity contribution >= 4 is 9.84 Å². The van der Waals surface area contributed by atoms with Gasteiger partial charge in [-0.1, -0.05) is 42.5 Å². The molecule has 0 saturated heterocycles. The van der Waals surface area contributed by atoms with Gasteiger partial charge in [0.05, 0.1) is 10.6 Å². The summed E-state index contributed by atoms with van der Waals surface area (Å²) < 4.78 is 80.7. The van der Waals surface area contributed by atoms with Gasteiger partial charge in [-0.25, -0.2) is 17.5 Å². The zero-order valence-corrected chi connectivity index (χ0v) is 17.5. The van der Waals surface area contributed by atoms with E-state index in [9.17, 15) is 26.0 Å². The van der Waals surface area contributed by atoms with Crippen LogP contribution in [0.2, 0.25) is 0 Å². The summed E-state index contributed by atoms with van der Waals surface area (Å²) in [5.74, 6) is -0.586. The molecule has 3 aromatic carbocycles. The highest BCUT2D eigenvalue weighted by Gasteiger charge is 2.41. The fraction of sp³-hybridized carbons (Fsp3) is 0.0870. The Morgan fingerprint density at radius 1 is 0.812 bits per heavy atom. The Kier molecular flexibility index (Phi) is 5.37. The van der Waals surface area contributed by atoms with Gasteiger partial charge in [0.2, 0.25) is 0 Å². The number of sulfone groups is 1. The van der Waals surface area contributed by atoms with Crippen LogP contribution in [0.15, 0.2) is 83.8 Å². The van der Waals surface area contributed by atoms with E-state index in [1.807, 2.05) is 0 Å². The van der Waals surface area contributed by atoms with Gasteiger partial charge in [0.25, 0.3) is 0 Å². The van der Waals surface area contributed by atoms with E-state index >= 15 is 0 Å². The molecule has 1 heterocycles. The molecule has 0 saturated carbocycles. The molecule has 0 spiro atoms. The van der Waals surface area contributed by atoms with Crippen molar-refractivity contribution in [1.29, 1.82) is 0 Å². The number of nitrogens with zero attached hydrogens (tertiary/aromatic N) is 2. The number of benzene rings is 3. The third-order valence-electron chi connectivity index (χ3n) is 4.84. The van der Waals surface area contributed by atoms with E-state index in [1.54, 1.807) is 18.2 Å². The van der Waals surface area contributed by atoms with Gasteiger partial charge < -0.3 is 0 Å². The van der Waals surface area contributed by atoms with Crippen molar-refractivity contribution in [3.8, 4) is 28.1 Å². The van der Waals surface area contributed by atoms with Crippen LogP contribution in [0.25, 0.3) is 28.1 Å². The minimum atomic E-state index is -4.78. The molecule has 164 valence electrons. The molecule has 1 aromatic heterocycles. The number of hydrogen-bond acceptors (Lipinski definition) is 3. The molecule has 0 unspecified atom stereocenters. The number of aromatic nitrogens is 2. The Morgan fingerprint density at radius 2 is 1.38 bits per heavy atom. The summed E-state index contributed by atoms with van der Waals surface area (Å²) in [4.78, 5) is 0.0307. The van der Waals surface area contributed by atoms with Crippen molar-refractivity contribution in [2.45, 2.75) is 11.1 Å². The number of halogens is 4. The highest BCUT2D eigenvalue weighted by Crippen LogP contribution is 2.43. The summed E-state index contributed by atoms with van der Waals surface area (Å²) in [6.45, 7) is 0. The number of rotatable bonds is 4. The molecule has 32 heavy (non-hydrogen) atoms. The van der Waals surface area contributed by atoms with Crippen LogP contribution in [0.5, 0.6) is 0 Å². The van der Waals surface area contributed by atoms with E-state index < -0.39 is 27.5 Å². The molecule has 0 fully saturated rings. The first-order chi connectivity index (χ1) is 15.1. The largest absolute Gasteiger partial charge is 0.434 e. The molecule has 4 rings (SSSR count). The maximum absolute atomic E-state index is 14.3. The van der Waals surface area contributed by atoms with E-state index in [2.05, 4.69) is 5.10 Å². The van der Waals surface area contributed by atoms with Crippen LogP contribution in [0.4, 0.5) is 17.6 Å². The van der Waals surface area contributed by atoms with Crippen molar-refractivity contribution < 1.29 is 26.0 Å². The van der Waals surface area contributed by atoms with Gasteiger partial charge in [-0.05, 0) is 42.0 Å². The van der Waals surface area contributed by atoms with Gasteiger partial charge in [-0.3, -0.25) is 0 Å². The van der Waals surface area contributed by atoms with E-state index in [-0.39, 0.29) is 33.0 Å². The summed E-state index contributed by atoms with van der Waals surface area (Å²) in [7, 11) is -3.49. The van der Waals surface area contributed by atoms with Crippen LogP contribution >= 0.6 is 0 Å². The normalized spacial score (nSPS) is 12.2. The monoisotopic (exact) mass is 460 g/mol. The Morgan fingerprint density at radius 3 is 1.91 bits per heavy atom. The molecule has 0 aliphatic carbocycles. The van der Waals surface area contributed by atoms with Crippen molar-refractivity contribution in [2.75, 3.05) is 6.26 Å². The standard InChI is InChI=1S/C23H16F4N2O2S/c1-32(30,31)19-13-9-16(10-14-19)21-20(15-7-11-17(24)12-8-15)22(23(25,26)27)29(28-21)18-5-3-2-4-6-18/h2-14H,1H3. The summed E-state index contributed by atoms with van der Waals surface area (Å²) in [6.07, 6.45) is -3.74. The van der Waals surface area contributed by atoms with Crippen LogP contribution in [0, 0.1) is 5.82 Å². The number of para-hydroxylation sites is 1. The molecule has 9 heteroatoms. The predicted molar refractivity (Wildman–Crippen MR) is 113 cm³/mol. The van der Waals surface area contributed by atoms with E-state index in [0.717, 1.165) is 23.1 Å². The van der Waals surface area contributed by atoms with Gasteiger partial charge in [0.15, 0.2) is 15.5 Å². The Balaban J connectivity index is 2.05. The molecule has 4 aromatic rings. The van der Waals surface area contributed by atoms with E-state index in [0.29, 0.717) is 0 Å². The van der Waals surface area contributed by atoms with Crippen molar-refractivity contribution in [3.63, 3.8) is 0 Å². The summed E-state index contributed by atoms with van der Waals surface area (Å²) in [5, 5.41) is 4.26. The summed E-state index contributed by atoms with van der Waals surface area (Å²) in [6, 6.07) is 17.9. The second-order valence-electron chi connectivity index (χ2n) is 7.12. The smallest absolute Gasteiger partial charge is 0.227 e. The lowest BCUT2D eigenvalue weighted by Crippen LogP contribution is -2.14. The Labute approximate surface area is 181 Å². The first-order valence-corrected chi connectivity index (χ1v) is 11.3. The highest BCUT2D eigenvalue weighted by atomic mass is 32.2. The molecule has 0 N–H and O–H groups in total. The summed E-state index contributed by atoms with van der Waals surface area (Å²) in [5.41, 5.74) is -0.638. The quantitative estimate of drug-likeness (QED) is 0.364. The molecule has 0 aliphatic heterocycles. The highest BCUT2D eigenvalue weighted by molar-refractivity contribution is 7.90. The summed E-state index contributed by atoms with van der Waals surface area (Å²) >= 11 is 0. The maximum atomic E-state index is 14.3. The average molecular weight is 460 g/mol. The maximum Gasteiger partial charge on any atom is 0.434 e. The van der Waals surface area contributed by atoms with Crippen LogP contribution < -0.4 is 0 Å². The van der Waals surface area contributed by atoms with E-state index in [4.69, 9.17) is 0 Å². The number of hydrogen-bond donors (Lipinski definition) is 0. The zero-order chi connectivity index (χ0) is 23.1. The van der Waals surface area contributed by atoms with Crippen molar-refractivity contribution in [1.82, 2.24) is 9.78 Å². The number of alkyl halides is 3. The molecule has 0 amide bonds. The third kappa shape index (κ3) is 4.16. The first kappa shape index (κ1) is 21.8. The van der Waals surface area contributed by atoms with Crippen LogP contribution in [-0.2, 0) is 16.0 Å². The second kappa shape index (κ2) is 7.90. The van der Waals surface area contributed by atoms with Crippen LogP contribution in [0.3, 0.4) is 0 Å². The van der Waals surface area contributed by atoms with Crippen LogP contribution in [-0.4, -0.2) is 24.5 Å². The zero-order valence-electron chi connectivity index (χ0n) is 16.6. The van der Waals surface area contributed by atoms with Gasteiger partial charge in [-0.2, -0.15) is 18.3 Å². The molecule has 0 aliphatic rings.